The van der Waals surface area contributed by atoms with Crippen molar-refractivity contribution in [3.63, 3.8) is 0 Å². The fourth-order valence-corrected chi connectivity index (χ4v) is 4.74. The van der Waals surface area contributed by atoms with E-state index in [4.69, 9.17) is 0 Å². The molecule has 0 spiro atoms. The molecule has 0 atom stereocenters. The fourth-order valence-electron chi connectivity index (χ4n) is 3.35. The summed E-state index contributed by atoms with van der Waals surface area (Å²) in [4.78, 5) is 27.8. The Morgan fingerprint density at radius 2 is 1.72 bits per heavy atom. The summed E-state index contributed by atoms with van der Waals surface area (Å²) in [6.07, 6.45) is 3.39. The third-order valence-corrected chi connectivity index (χ3v) is 7.16. The molecule has 0 bridgehead atoms. The lowest BCUT2D eigenvalue weighted by Gasteiger charge is -2.26. The Kier molecular flexibility index (Phi) is 7.78. The lowest BCUT2D eigenvalue weighted by molar-refractivity contribution is -0.118. The van der Waals surface area contributed by atoms with Crippen LogP contribution in [0, 0.1) is 13.8 Å². The van der Waals surface area contributed by atoms with Crippen molar-refractivity contribution in [1.29, 1.82) is 0 Å². The van der Waals surface area contributed by atoms with E-state index in [0.717, 1.165) is 57.6 Å². The van der Waals surface area contributed by atoms with Gasteiger partial charge >= 0.3 is 0 Å². The number of piperidine rings is 1. The molecule has 1 aliphatic rings. The molecule has 1 heterocycles. The van der Waals surface area contributed by atoms with Gasteiger partial charge in [0, 0.05) is 34.6 Å². The SMILES string of the molecule is Cc1cc(SCC(=O)NCc2ccc(C(=O)N3CCCCC3)cc2)c(C)cc1Br. The normalized spacial score (nSPS) is 14.0. The molecule has 6 heteroatoms. The van der Waals surface area contributed by atoms with Crippen molar-refractivity contribution in [1.82, 2.24) is 10.2 Å². The van der Waals surface area contributed by atoms with Crippen molar-refractivity contribution in [2.75, 3.05) is 18.8 Å². The quantitative estimate of drug-likeness (QED) is 0.592. The second-order valence-electron chi connectivity index (χ2n) is 7.48. The molecule has 154 valence electrons. The topological polar surface area (TPSA) is 49.4 Å². The summed E-state index contributed by atoms with van der Waals surface area (Å²) in [6, 6.07) is 11.8. The summed E-state index contributed by atoms with van der Waals surface area (Å²) in [6.45, 7) is 6.28. The highest BCUT2D eigenvalue weighted by atomic mass is 79.9. The molecule has 2 aromatic rings. The first kappa shape index (κ1) is 21.9. The van der Waals surface area contributed by atoms with E-state index in [0.29, 0.717) is 12.3 Å². The number of nitrogens with one attached hydrogen (secondary N) is 1. The van der Waals surface area contributed by atoms with Crippen LogP contribution in [0.3, 0.4) is 0 Å². The number of rotatable bonds is 6. The number of carbonyl (C=O) groups excluding carboxylic acids is 2. The number of halogens is 1. The number of hydrogen-bond donors (Lipinski definition) is 1. The maximum absolute atomic E-state index is 12.5. The number of aryl methyl sites for hydroxylation is 2. The number of thioether (sulfide) groups is 1. The first-order chi connectivity index (χ1) is 13.9. The minimum atomic E-state index is 0.00319. The second kappa shape index (κ2) is 10.3. The van der Waals surface area contributed by atoms with E-state index >= 15 is 0 Å². The standard InChI is InChI=1S/C23H27BrN2O2S/c1-16-13-21(17(2)12-20(16)24)29-15-22(27)25-14-18-6-8-19(9-7-18)23(28)26-10-4-3-5-11-26/h6-9,12-13H,3-5,10-11,14-15H2,1-2H3,(H,25,27). The molecular weight excluding hydrogens is 448 g/mol. The molecule has 3 rings (SSSR count). The Bertz CT molecular complexity index is 877. The van der Waals surface area contributed by atoms with Gasteiger partial charge in [0.25, 0.3) is 5.91 Å². The third-order valence-electron chi connectivity index (χ3n) is 5.15. The highest BCUT2D eigenvalue weighted by Gasteiger charge is 2.17. The van der Waals surface area contributed by atoms with Crippen LogP contribution in [0.4, 0.5) is 0 Å². The number of benzene rings is 2. The minimum Gasteiger partial charge on any atom is -0.351 e. The Hall–Kier alpha value is -1.79. The van der Waals surface area contributed by atoms with E-state index < -0.39 is 0 Å². The van der Waals surface area contributed by atoms with Crippen molar-refractivity contribution in [3.8, 4) is 0 Å². The molecule has 1 saturated heterocycles. The summed E-state index contributed by atoms with van der Waals surface area (Å²) in [7, 11) is 0. The molecule has 0 saturated carbocycles. The minimum absolute atomic E-state index is 0.00319. The van der Waals surface area contributed by atoms with Crippen molar-refractivity contribution in [3.05, 3.63) is 63.1 Å². The Labute approximate surface area is 185 Å². The van der Waals surface area contributed by atoms with Crippen LogP contribution in [0.25, 0.3) is 0 Å². The summed E-state index contributed by atoms with van der Waals surface area (Å²) in [5, 5.41) is 2.96. The Morgan fingerprint density at radius 1 is 1.03 bits per heavy atom. The summed E-state index contributed by atoms with van der Waals surface area (Å²) in [5.41, 5.74) is 4.04. The third kappa shape index (κ3) is 6.09. The number of likely N-dealkylation sites (tertiary alicyclic amines) is 1. The average Bonchev–Trinajstić information content (AvgIpc) is 2.74. The smallest absolute Gasteiger partial charge is 0.253 e. The molecule has 0 unspecified atom stereocenters. The van der Waals surface area contributed by atoms with Gasteiger partial charge in [-0.05, 0) is 74.1 Å². The highest BCUT2D eigenvalue weighted by Crippen LogP contribution is 2.28. The summed E-state index contributed by atoms with van der Waals surface area (Å²) < 4.78 is 1.09. The first-order valence-electron chi connectivity index (χ1n) is 9.98. The van der Waals surface area contributed by atoms with Gasteiger partial charge in [-0.15, -0.1) is 11.8 Å². The number of hydrogen-bond acceptors (Lipinski definition) is 3. The predicted molar refractivity (Wildman–Crippen MR) is 122 cm³/mol. The maximum Gasteiger partial charge on any atom is 0.253 e. The molecule has 2 aromatic carbocycles. The fraction of sp³-hybridized carbons (Fsp3) is 0.391. The average molecular weight is 475 g/mol. The van der Waals surface area contributed by atoms with E-state index in [1.165, 1.54) is 6.42 Å². The van der Waals surface area contributed by atoms with E-state index in [1.807, 2.05) is 36.1 Å². The van der Waals surface area contributed by atoms with Crippen LogP contribution in [-0.2, 0) is 11.3 Å². The van der Waals surface area contributed by atoms with Crippen LogP contribution in [0.15, 0.2) is 45.8 Å². The largest absolute Gasteiger partial charge is 0.351 e. The number of amides is 2. The van der Waals surface area contributed by atoms with Crippen LogP contribution in [0.1, 0.15) is 46.3 Å². The van der Waals surface area contributed by atoms with Crippen LogP contribution in [0.2, 0.25) is 0 Å². The Morgan fingerprint density at radius 3 is 2.41 bits per heavy atom. The van der Waals surface area contributed by atoms with Crippen LogP contribution < -0.4 is 5.32 Å². The molecule has 0 aromatic heterocycles. The van der Waals surface area contributed by atoms with E-state index in [-0.39, 0.29) is 11.8 Å². The van der Waals surface area contributed by atoms with Crippen molar-refractivity contribution in [2.24, 2.45) is 0 Å². The molecule has 1 fully saturated rings. The van der Waals surface area contributed by atoms with Gasteiger partial charge in [-0.2, -0.15) is 0 Å². The van der Waals surface area contributed by atoms with E-state index in [1.54, 1.807) is 11.8 Å². The van der Waals surface area contributed by atoms with Gasteiger partial charge in [0.2, 0.25) is 5.91 Å². The number of carbonyl (C=O) groups is 2. The van der Waals surface area contributed by atoms with Gasteiger partial charge in [0.1, 0.15) is 0 Å². The first-order valence-corrected chi connectivity index (χ1v) is 11.8. The lowest BCUT2D eigenvalue weighted by atomic mass is 10.1. The molecule has 2 amide bonds. The van der Waals surface area contributed by atoms with Crippen molar-refractivity contribution in [2.45, 2.75) is 44.6 Å². The zero-order chi connectivity index (χ0) is 20.8. The van der Waals surface area contributed by atoms with E-state index in [9.17, 15) is 9.59 Å². The van der Waals surface area contributed by atoms with Gasteiger partial charge < -0.3 is 10.2 Å². The molecule has 1 aliphatic heterocycles. The second-order valence-corrected chi connectivity index (χ2v) is 9.35. The molecule has 4 nitrogen and oxygen atoms in total. The van der Waals surface area contributed by atoms with Gasteiger partial charge in [-0.3, -0.25) is 9.59 Å². The summed E-state index contributed by atoms with van der Waals surface area (Å²) in [5.74, 6) is 0.494. The van der Waals surface area contributed by atoms with Crippen molar-refractivity contribution >= 4 is 39.5 Å². The Balaban J connectivity index is 1.47. The summed E-state index contributed by atoms with van der Waals surface area (Å²) >= 11 is 5.09. The highest BCUT2D eigenvalue weighted by molar-refractivity contribution is 9.10. The molecular formula is C23H27BrN2O2S. The molecule has 1 N–H and O–H groups in total. The van der Waals surface area contributed by atoms with Crippen LogP contribution in [0.5, 0.6) is 0 Å². The zero-order valence-electron chi connectivity index (χ0n) is 17.0. The monoisotopic (exact) mass is 474 g/mol. The van der Waals surface area contributed by atoms with Crippen LogP contribution >= 0.6 is 27.7 Å². The van der Waals surface area contributed by atoms with Gasteiger partial charge in [-0.1, -0.05) is 28.1 Å². The maximum atomic E-state index is 12.5. The van der Waals surface area contributed by atoms with Gasteiger partial charge in [0.05, 0.1) is 5.75 Å². The molecule has 0 radical (unpaired) electrons. The molecule has 29 heavy (non-hydrogen) atoms. The molecule has 0 aliphatic carbocycles. The zero-order valence-corrected chi connectivity index (χ0v) is 19.4. The predicted octanol–water partition coefficient (Wildman–Crippen LogP) is 5.10. The lowest BCUT2D eigenvalue weighted by Crippen LogP contribution is -2.35. The number of nitrogens with zero attached hydrogens (tertiary/aromatic N) is 1. The van der Waals surface area contributed by atoms with Crippen molar-refractivity contribution < 1.29 is 9.59 Å². The van der Waals surface area contributed by atoms with Gasteiger partial charge in [0.15, 0.2) is 0 Å². The van der Waals surface area contributed by atoms with Crippen LogP contribution in [-0.4, -0.2) is 35.6 Å². The van der Waals surface area contributed by atoms with Gasteiger partial charge in [-0.25, -0.2) is 0 Å². The van der Waals surface area contributed by atoms with E-state index in [2.05, 4.69) is 40.3 Å².